The number of nitrogens with zero attached hydrogens (tertiary/aromatic N) is 1. The molecule has 0 aliphatic carbocycles. The van der Waals surface area contributed by atoms with Crippen molar-refractivity contribution in [3.63, 3.8) is 0 Å². The Morgan fingerprint density at radius 3 is 2.14 bits per heavy atom. The average Bonchev–Trinajstić information content (AvgIpc) is 2.47. The maximum atomic E-state index is 9.06. The van der Waals surface area contributed by atoms with E-state index in [2.05, 4.69) is 63.2 Å². The molecule has 0 aliphatic rings. The van der Waals surface area contributed by atoms with Crippen LogP contribution in [0.5, 0.6) is 0 Å². The third kappa shape index (κ3) is 4.37. The lowest BCUT2D eigenvalue weighted by Crippen LogP contribution is -2.10. The molecule has 108 valence electrons. The van der Waals surface area contributed by atoms with Gasteiger partial charge in [0.2, 0.25) is 0 Å². The van der Waals surface area contributed by atoms with Gasteiger partial charge in [-0.05, 0) is 28.7 Å². The van der Waals surface area contributed by atoms with Crippen LogP contribution in [0.1, 0.15) is 43.6 Å². The van der Waals surface area contributed by atoms with Crippen molar-refractivity contribution in [1.29, 1.82) is 5.26 Å². The molecule has 0 saturated carbocycles. The summed E-state index contributed by atoms with van der Waals surface area (Å²) in [6, 6.07) is 21.3. The summed E-state index contributed by atoms with van der Waals surface area (Å²) in [4.78, 5) is 1.21. The van der Waals surface area contributed by atoms with Crippen LogP contribution in [0.4, 0.5) is 0 Å². The summed E-state index contributed by atoms with van der Waals surface area (Å²) >= 11 is 1.76. The highest BCUT2D eigenvalue weighted by Gasteiger charge is 2.15. The van der Waals surface area contributed by atoms with E-state index < -0.39 is 0 Å². The molecular formula is C19H21NS. The van der Waals surface area contributed by atoms with Gasteiger partial charge < -0.3 is 0 Å². The molecule has 0 aromatic heterocycles. The van der Waals surface area contributed by atoms with E-state index in [0.717, 1.165) is 0 Å². The minimum absolute atomic E-state index is 0.175. The lowest BCUT2D eigenvalue weighted by atomic mass is 9.87. The largest absolute Gasteiger partial charge is 0.198 e. The fourth-order valence-corrected chi connectivity index (χ4v) is 3.25. The van der Waals surface area contributed by atoms with Crippen molar-refractivity contribution in [3.8, 4) is 6.07 Å². The standard InChI is InChI=1S/C19H21NS/c1-19(2,3)16-9-11-17(12-10-16)21-18(13-14-20)15-7-5-4-6-8-15/h4-12,18H,13H2,1-3H3. The maximum Gasteiger partial charge on any atom is 0.0637 e. The van der Waals surface area contributed by atoms with Gasteiger partial charge in [0, 0.05) is 10.1 Å². The van der Waals surface area contributed by atoms with E-state index in [9.17, 15) is 0 Å². The molecule has 0 heterocycles. The molecule has 0 aliphatic heterocycles. The molecule has 1 atom stereocenters. The van der Waals surface area contributed by atoms with Crippen LogP contribution in [0.3, 0.4) is 0 Å². The summed E-state index contributed by atoms with van der Waals surface area (Å²) in [5.74, 6) is 0. The first-order valence-corrected chi connectivity index (χ1v) is 8.08. The molecule has 0 N–H and O–H groups in total. The van der Waals surface area contributed by atoms with Crippen LogP contribution < -0.4 is 0 Å². The van der Waals surface area contributed by atoms with Crippen LogP contribution in [0.15, 0.2) is 59.5 Å². The minimum atomic E-state index is 0.175. The van der Waals surface area contributed by atoms with Crippen molar-refractivity contribution in [2.75, 3.05) is 0 Å². The summed E-state index contributed by atoms with van der Waals surface area (Å²) in [7, 11) is 0. The van der Waals surface area contributed by atoms with Gasteiger partial charge in [0.1, 0.15) is 0 Å². The molecule has 2 heteroatoms. The van der Waals surface area contributed by atoms with Crippen LogP contribution >= 0.6 is 11.8 Å². The third-order valence-electron chi connectivity index (χ3n) is 3.45. The van der Waals surface area contributed by atoms with E-state index in [1.165, 1.54) is 16.0 Å². The second-order valence-electron chi connectivity index (χ2n) is 6.15. The number of rotatable bonds is 4. The molecule has 2 aromatic rings. The summed E-state index contributed by atoms with van der Waals surface area (Å²) in [5, 5.41) is 9.25. The van der Waals surface area contributed by atoms with Gasteiger partial charge in [-0.25, -0.2) is 0 Å². The fourth-order valence-electron chi connectivity index (χ4n) is 2.18. The number of hydrogen-bond acceptors (Lipinski definition) is 2. The molecule has 0 bridgehead atoms. The monoisotopic (exact) mass is 295 g/mol. The first-order chi connectivity index (χ1) is 10.0. The number of benzene rings is 2. The molecule has 21 heavy (non-hydrogen) atoms. The number of hydrogen-bond donors (Lipinski definition) is 0. The van der Waals surface area contributed by atoms with E-state index in [-0.39, 0.29) is 10.7 Å². The zero-order chi connectivity index (χ0) is 15.3. The van der Waals surface area contributed by atoms with Crippen molar-refractivity contribution in [3.05, 3.63) is 65.7 Å². The summed E-state index contributed by atoms with van der Waals surface area (Å²) in [5.41, 5.74) is 2.72. The normalized spacial score (nSPS) is 12.7. The highest BCUT2D eigenvalue weighted by atomic mass is 32.2. The van der Waals surface area contributed by atoms with E-state index >= 15 is 0 Å². The smallest absolute Gasteiger partial charge is 0.0637 e. The van der Waals surface area contributed by atoms with Crippen LogP contribution in [0, 0.1) is 11.3 Å². The van der Waals surface area contributed by atoms with Crippen molar-refractivity contribution in [1.82, 2.24) is 0 Å². The van der Waals surface area contributed by atoms with Crippen molar-refractivity contribution in [2.45, 2.75) is 42.8 Å². The van der Waals surface area contributed by atoms with E-state index in [4.69, 9.17) is 5.26 Å². The molecule has 0 spiro atoms. The SMILES string of the molecule is CC(C)(C)c1ccc(SC(CC#N)c2ccccc2)cc1. The quantitative estimate of drug-likeness (QED) is 0.672. The lowest BCUT2D eigenvalue weighted by molar-refractivity contribution is 0.590. The molecular weight excluding hydrogens is 274 g/mol. The van der Waals surface area contributed by atoms with Gasteiger partial charge in [-0.3, -0.25) is 0 Å². The van der Waals surface area contributed by atoms with Gasteiger partial charge in [-0.15, -0.1) is 11.8 Å². The average molecular weight is 295 g/mol. The maximum absolute atomic E-state index is 9.06. The summed E-state index contributed by atoms with van der Waals surface area (Å²) < 4.78 is 0. The molecule has 0 radical (unpaired) electrons. The van der Waals surface area contributed by atoms with Gasteiger partial charge >= 0.3 is 0 Å². The Morgan fingerprint density at radius 1 is 1.00 bits per heavy atom. The molecule has 2 rings (SSSR count). The van der Waals surface area contributed by atoms with E-state index in [1.807, 2.05) is 18.2 Å². The molecule has 2 aromatic carbocycles. The van der Waals surface area contributed by atoms with Gasteiger partial charge in [-0.1, -0.05) is 63.2 Å². The van der Waals surface area contributed by atoms with E-state index in [0.29, 0.717) is 6.42 Å². The zero-order valence-electron chi connectivity index (χ0n) is 12.8. The van der Waals surface area contributed by atoms with Gasteiger partial charge in [-0.2, -0.15) is 5.26 Å². The van der Waals surface area contributed by atoms with Gasteiger partial charge in [0.25, 0.3) is 0 Å². The first kappa shape index (κ1) is 15.7. The number of thioether (sulfide) groups is 1. The molecule has 0 amide bonds. The molecule has 1 unspecified atom stereocenters. The molecule has 1 nitrogen and oxygen atoms in total. The topological polar surface area (TPSA) is 23.8 Å². The predicted octanol–water partition coefficient (Wildman–Crippen LogP) is 5.73. The molecule has 0 fully saturated rings. The Hall–Kier alpha value is -1.72. The highest BCUT2D eigenvalue weighted by molar-refractivity contribution is 7.99. The van der Waals surface area contributed by atoms with Crippen molar-refractivity contribution in [2.24, 2.45) is 0 Å². The Balaban J connectivity index is 2.16. The van der Waals surface area contributed by atoms with E-state index in [1.54, 1.807) is 11.8 Å². The Labute approximate surface area is 132 Å². The third-order valence-corrected chi connectivity index (χ3v) is 4.71. The Kier molecular flexibility index (Phi) is 5.09. The predicted molar refractivity (Wildman–Crippen MR) is 90.4 cm³/mol. The zero-order valence-corrected chi connectivity index (χ0v) is 13.7. The van der Waals surface area contributed by atoms with Crippen molar-refractivity contribution >= 4 is 11.8 Å². The summed E-state index contributed by atoms with van der Waals surface area (Å²) in [6.45, 7) is 6.66. The van der Waals surface area contributed by atoms with Crippen LogP contribution in [0.25, 0.3) is 0 Å². The Bertz CT molecular complexity index is 603. The van der Waals surface area contributed by atoms with Crippen LogP contribution in [-0.4, -0.2) is 0 Å². The summed E-state index contributed by atoms with van der Waals surface area (Å²) in [6.07, 6.45) is 0.524. The van der Waals surface area contributed by atoms with Crippen LogP contribution in [-0.2, 0) is 5.41 Å². The van der Waals surface area contributed by atoms with Gasteiger partial charge in [0.05, 0.1) is 12.5 Å². The second-order valence-corrected chi connectivity index (χ2v) is 7.43. The number of nitriles is 1. The fraction of sp³-hybridized carbons (Fsp3) is 0.316. The van der Waals surface area contributed by atoms with Crippen LogP contribution in [0.2, 0.25) is 0 Å². The van der Waals surface area contributed by atoms with Crippen molar-refractivity contribution < 1.29 is 0 Å². The highest BCUT2D eigenvalue weighted by Crippen LogP contribution is 2.38. The lowest BCUT2D eigenvalue weighted by Gasteiger charge is -2.20. The minimum Gasteiger partial charge on any atom is -0.198 e. The van der Waals surface area contributed by atoms with Gasteiger partial charge in [0.15, 0.2) is 0 Å². The second kappa shape index (κ2) is 6.83. The first-order valence-electron chi connectivity index (χ1n) is 7.20. The molecule has 0 saturated heterocycles. The Morgan fingerprint density at radius 2 is 1.62 bits per heavy atom.